The maximum atomic E-state index is 12.3. The van der Waals surface area contributed by atoms with Crippen molar-refractivity contribution in [3.8, 4) is 0 Å². The van der Waals surface area contributed by atoms with E-state index in [9.17, 15) is 13.2 Å². The van der Waals surface area contributed by atoms with Crippen molar-refractivity contribution in [3.63, 3.8) is 0 Å². The Morgan fingerprint density at radius 3 is 2.80 bits per heavy atom. The van der Waals surface area contributed by atoms with Gasteiger partial charge in [0.15, 0.2) is 0 Å². The molecule has 1 aromatic heterocycles. The Labute approximate surface area is 161 Å². The van der Waals surface area contributed by atoms with Gasteiger partial charge in [-0.25, -0.2) is 8.42 Å². The van der Waals surface area contributed by atoms with Crippen LogP contribution in [0.5, 0.6) is 0 Å². The molecule has 1 aliphatic rings. The lowest BCUT2D eigenvalue weighted by Crippen LogP contribution is -2.39. The number of amides is 1. The smallest absolute Gasteiger partial charge is 0.244 e. The number of aromatic nitrogens is 1. The maximum absolute atomic E-state index is 12.3. The Balaban J connectivity index is 0.00000288. The van der Waals surface area contributed by atoms with Crippen LogP contribution in [0.4, 0.5) is 0 Å². The minimum atomic E-state index is -3.68. The highest BCUT2D eigenvalue weighted by molar-refractivity contribution is 7.89. The van der Waals surface area contributed by atoms with Gasteiger partial charge in [0.2, 0.25) is 15.9 Å². The van der Waals surface area contributed by atoms with E-state index in [1.807, 2.05) is 0 Å². The minimum absolute atomic E-state index is 0. The van der Waals surface area contributed by atoms with Crippen molar-refractivity contribution < 1.29 is 13.2 Å². The van der Waals surface area contributed by atoms with Crippen molar-refractivity contribution in [1.82, 2.24) is 19.9 Å². The molecule has 1 atom stereocenters. The molecule has 0 radical (unpaired) electrons. The first-order valence-electron chi connectivity index (χ1n) is 7.84. The predicted octanol–water partition coefficient (Wildman–Crippen LogP) is 1.05. The summed E-state index contributed by atoms with van der Waals surface area (Å²) in [6.45, 7) is 2.44. The summed E-state index contributed by atoms with van der Waals surface area (Å²) in [5.74, 6) is 0.296. The van der Waals surface area contributed by atoms with Gasteiger partial charge in [-0.15, -0.1) is 24.8 Å². The van der Waals surface area contributed by atoms with Crippen LogP contribution in [-0.2, 0) is 14.8 Å². The van der Waals surface area contributed by atoms with Crippen LogP contribution in [0.25, 0.3) is 0 Å². The van der Waals surface area contributed by atoms with Crippen LogP contribution in [0, 0.1) is 5.92 Å². The number of piperidine rings is 1. The quantitative estimate of drug-likeness (QED) is 0.698. The van der Waals surface area contributed by atoms with Gasteiger partial charge in [0.05, 0.1) is 6.54 Å². The molecule has 1 fully saturated rings. The van der Waals surface area contributed by atoms with Crippen LogP contribution in [0.1, 0.15) is 19.3 Å². The van der Waals surface area contributed by atoms with Gasteiger partial charge in [-0.2, -0.15) is 4.31 Å². The van der Waals surface area contributed by atoms with Crippen LogP contribution < -0.4 is 10.6 Å². The number of nitrogens with zero attached hydrogens (tertiary/aromatic N) is 2. The van der Waals surface area contributed by atoms with Gasteiger partial charge >= 0.3 is 0 Å². The first-order valence-corrected chi connectivity index (χ1v) is 9.28. The highest BCUT2D eigenvalue weighted by atomic mass is 35.5. The van der Waals surface area contributed by atoms with Gasteiger partial charge in [-0.1, -0.05) is 0 Å². The zero-order valence-electron chi connectivity index (χ0n) is 14.2. The zero-order valence-corrected chi connectivity index (χ0v) is 16.6. The molecule has 1 amide bonds. The monoisotopic (exact) mass is 412 g/mol. The Kier molecular flexibility index (Phi) is 11.2. The van der Waals surface area contributed by atoms with Crippen molar-refractivity contribution in [2.24, 2.45) is 5.92 Å². The Morgan fingerprint density at radius 2 is 2.20 bits per heavy atom. The number of nitrogens with one attached hydrogen (secondary N) is 2. The summed E-state index contributed by atoms with van der Waals surface area (Å²) < 4.78 is 25.6. The molecular formula is C15H26Cl2N4O3S. The summed E-state index contributed by atoms with van der Waals surface area (Å²) in [4.78, 5) is 15.8. The molecule has 1 unspecified atom stereocenters. The second kappa shape index (κ2) is 11.6. The molecule has 7 nitrogen and oxygen atoms in total. The van der Waals surface area contributed by atoms with Gasteiger partial charge < -0.3 is 10.6 Å². The van der Waals surface area contributed by atoms with Gasteiger partial charge in [-0.05, 0) is 50.4 Å². The van der Waals surface area contributed by atoms with Crippen LogP contribution in [0.3, 0.4) is 0 Å². The zero-order chi connectivity index (χ0) is 16.7. The summed E-state index contributed by atoms with van der Waals surface area (Å²) in [6.07, 6.45) is 6.05. The van der Waals surface area contributed by atoms with E-state index >= 15 is 0 Å². The summed E-state index contributed by atoms with van der Waals surface area (Å²) >= 11 is 0. The predicted molar refractivity (Wildman–Crippen MR) is 102 cm³/mol. The number of carbonyl (C=O) groups is 1. The normalized spacial score (nSPS) is 17.3. The maximum Gasteiger partial charge on any atom is 0.244 e. The average Bonchev–Trinajstić information content (AvgIpc) is 2.56. The van der Waals surface area contributed by atoms with Crippen LogP contribution in [-0.4, -0.2) is 56.8 Å². The first-order chi connectivity index (χ1) is 11.0. The average molecular weight is 413 g/mol. The lowest BCUT2D eigenvalue weighted by molar-refractivity contribution is -0.121. The fraction of sp³-hybridized carbons (Fsp3) is 0.600. The van der Waals surface area contributed by atoms with Gasteiger partial charge in [0.1, 0.15) is 4.90 Å². The van der Waals surface area contributed by atoms with Crippen molar-refractivity contribution in [2.45, 2.75) is 24.2 Å². The number of halogens is 2. The summed E-state index contributed by atoms with van der Waals surface area (Å²) in [5.41, 5.74) is 0. The number of sulfonamides is 1. The van der Waals surface area contributed by atoms with Crippen LogP contribution in [0.15, 0.2) is 29.4 Å². The van der Waals surface area contributed by atoms with E-state index in [4.69, 9.17) is 0 Å². The molecule has 25 heavy (non-hydrogen) atoms. The molecule has 0 spiro atoms. The van der Waals surface area contributed by atoms with E-state index in [0.717, 1.165) is 23.8 Å². The molecule has 0 bridgehead atoms. The molecule has 2 heterocycles. The third-order valence-electron chi connectivity index (χ3n) is 3.98. The van der Waals surface area contributed by atoms with Gasteiger partial charge in [0, 0.05) is 26.0 Å². The number of rotatable bonds is 7. The molecule has 0 aromatic carbocycles. The number of carbonyl (C=O) groups excluding carboxylic acids is 1. The fourth-order valence-electron chi connectivity index (χ4n) is 2.61. The van der Waals surface area contributed by atoms with Gasteiger partial charge in [-0.3, -0.25) is 9.78 Å². The van der Waals surface area contributed by atoms with Crippen molar-refractivity contribution in [3.05, 3.63) is 24.5 Å². The standard InChI is InChI=1S/C15H24N4O3S.2ClH/c1-19(23(21,22)14-5-3-8-17-11-14)12-15(20)18-9-6-13-4-2-7-16-10-13;;/h3,5,8,11,13,16H,2,4,6-7,9-10,12H2,1H3,(H,18,20);2*1H. The summed E-state index contributed by atoms with van der Waals surface area (Å²) in [7, 11) is -2.28. The van der Waals surface area contributed by atoms with Crippen LogP contribution >= 0.6 is 24.8 Å². The van der Waals surface area contributed by atoms with Crippen molar-refractivity contribution in [2.75, 3.05) is 33.2 Å². The Morgan fingerprint density at radius 1 is 1.44 bits per heavy atom. The third-order valence-corrected chi connectivity index (χ3v) is 5.77. The third kappa shape index (κ3) is 7.45. The van der Waals surface area contributed by atoms with E-state index in [0.29, 0.717) is 12.5 Å². The number of hydrogen-bond acceptors (Lipinski definition) is 5. The van der Waals surface area contributed by atoms with E-state index in [2.05, 4.69) is 15.6 Å². The van der Waals surface area contributed by atoms with Crippen molar-refractivity contribution >= 4 is 40.7 Å². The topological polar surface area (TPSA) is 91.4 Å². The second-order valence-corrected chi connectivity index (χ2v) is 7.85. The molecule has 10 heteroatoms. The van der Waals surface area contributed by atoms with Crippen LogP contribution in [0.2, 0.25) is 0 Å². The van der Waals surface area contributed by atoms with E-state index in [-0.39, 0.29) is 42.2 Å². The highest BCUT2D eigenvalue weighted by Gasteiger charge is 2.23. The molecule has 0 aliphatic carbocycles. The summed E-state index contributed by atoms with van der Waals surface area (Å²) in [5, 5.41) is 6.13. The molecule has 1 aliphatic heterocycles. The van der Waals surface area contributed by atoms with E-state index in [1.165, 1.54) is 38.3 Å². The fourth-order valence-corrected chi connectivity index (χ4v) is 3.70. The Bertz CT molecular complexity index is 610. The van der Waals surface area contributed by atoms with E-state index < -0.39 is 10.0 Å². The minimum Gasteiger partial charge on any atom is -0.355 e. The van der Waals surface area contributed by atoms with Gasteiger partial charge in [0.25, 0.3) is 0 Å². The molecular weight excluding hydrogens is 387 g/mol. The molecule has 0 saturated carbocycles. The molecule has 144 valence electrons. The second-order valence-electron chi connectivity index (χ2n) is 5.80. The van der Waals surface area contributed by atoms with Crippen molar-refractivity contribution in [1.29, 1.82) is 0 Å². The SMILES string of the molecule is CN(CC(=O)NCCC1CCCNC1)S(=O)(=O)c1cccnc1.Cl.Cl. The lowest BCUT2D eigenvalue weighted by Gasteiger charge is -2.23. The lowest BCUT2D eigenvalue weighted by atomic mass is 9.96. The molecule has 1 aromatic rings. The number of hydrogen-bond donors (Lipinski definition) is 2. The largest absolute Gasteiger partial charge is 0.355 e. The first kappa shape index (κ1) is 24.1. The number of likely N-dealkylation sites (N-methyl/N-ethyl adjacent to an activating group) is 1. The molecule has 1 saturated heterocycles. The molecule has 2 rings (SSSR count). The van der Waals surface area contributed by atoms with E-state index in [1.54, 1.807) is 6.07 Å². The highest BCUT2D eigenvalue weighted by Crippen LogP contribution is 2.13. The molecule has 2 N–H and O–H groups in total. The number of pyridine rings is 1. The Hall–Kier alpha value is -0.930. The summed E-state index contributed by atoms with van der Waals surface area (Å²) in [6, 6.07) is 3.02.